The van der Waals surface area contributed by atoms with Gasteiger partial charge in [0.15, 0.2) is 0 Å². The van der Waals surface area contributed by atoms with E-state index in [1.54, 1.807) is 6.07 Å². The molecule has 7 heteroatoms. The summed E-state index contributed by atoms with van der Waals surface area (Å²) in [6.45, 7) is 2.01. The maximum Gasteiger partial charge on any atom is 0.273 e. The monoisotopic (exact) mass is 410 g/mol. The summed E-state index contributed by atoms with van der Waals surface area (Å²) in [7, 11) is -3.85. The standard InChI is InChI=1S/C22H22N2O4S/c1-18(20-12-6-3-7-13-20)23(16-19-10-4-2-5-11-19)29(27,28)17-21-14-8-9-15-22(21)24(25)26/h2-15,18H,16-17H2,1H3. The Hall–Kier alpha value is -3.03. The van der Waals surface area contributed by atoms with Crippen LogP contribution in [0.3, 0.4) is 0 Å². The van der Waals surface area contributed by atoms with E-state index >= 15 is 0 Å². The van der Waals surface area contributed by atoms with Gasteiger partial charge in [-0.05, 0) is 18.1 Å². The topological polar surface area (TPSA) is 80.5 Å². The summed E-state index contributed by atoms with van der Waals surface area (Å²) in [6, 6.07) is 24.2. The van der Waals surface area contributed by atoms with Gasteiger partial charge in [-0.25, -0.2) is 8.42 Å². The van der Waals surface area contributed by atoms with Crippen molar-refractivity contribution in [3.8, 4) is 0 Å². The first-order valence-electron chi connectivity index (χ1n) is 9.19. The van der Waals surface area contributed by atoms with Crippen LogP contribution in [0.5, 0.6) is 0 Å². The summed E-state index contributed by atoms with van der Waals surface area (Å²) < 4.78 is 28.2. The molecule has 0 spiro atoms. The maximum atomic E-state index is 13.4. The fraction of sp³-hybridized carbons (Fsp3) is 0.182. The Bertz CT molecular complexity index is 1070. The molecule has 0 heterocycles. The molecule has 0 bridgehead atoms. The number of sulfonamides is 1. The zero-order valence-electron chi connectivity index (χ0n) is 16.0. The van der Waals surface area contributed by atoms with Crippen molar-refractivity contribution in [1.29, 1.82) is 0 Å². The van der Waals surface area contributed by atoms with E-state index in [0.29, 0.717) is 0 Å². The molecule has 29 heavy (non-hydrogen) atoms. The van der Waals surface area contributed by atoms with Gasteiger partial charge in [0.05, 0.1) is 10.7 Å². The molecule has 0 saturated heterocycles. The highest BCUT2D eigenvalue weighted by Gasteiger charge is 2.30. The average Bonchev–Trinajstić information content (AvgIpc) is 2.73. The van der Waals surface area contributed by atoms with Crippen LogP contribution in [0, 0.1) is 10.1 Å². The van der Waals surface area contributed by atoms with Gasteiger partial charge in [-0.15, -0.1) is 0 Å². The maximum absolute atomic E-state index is 13.4. The predicted molar refractivity (Wildman–Crippen MR) is 113 cm³/mol. The van der Waals surface area contributed by atoms with Crippen LogP contribution in [-0.2, 0) is 22.3 Å². The van der Waals surface area contributed by atoms with Gasteiger partial charge >= 0.3 is 0 Å². The lowest BCUT2D eigenvalue weighted by atomic mass is 10.1. The lowest BCUT2D eigenvalue weighted by Gasteiger charge is -2.29. The van der Waals surface area contributed by atoms with Crippen LogP contribution < -0.4 is 0 Å². The molecule has 150 valence electrons. The molecule has 1 unspecified atom stereocenters. The molecule has 0 amide bonds. The third kappa shape index (κ3) is 5.07. The molecule has 0 aliphatic carbocycles. The Morgan fingerprint density at radius 3 is 2.07 bits per heavy atom. The fourth-order valence-electron chi connectivity index (χ4n) is 3.23. The molecule has 1 atom stereocenters. The van der Waals surface area contributed by atoms with Gasteiger partial charge in [0.25, 0.3) is 5.69 Å². The van der Waals surface area contributed by atoms with Gasteiger partial charge in [0.1, 0.15) is 0 Å². The molecule has 3 aromatic rings. The van der Waals surface area contributed by atoms with Crippen molar-refractivity contribution in [3.63, 3.8) is 0 Å². The largest absolute Gasteiger partial charge is 0.273 e. The average molecular weight is 410 g/mol. The van der Waals surface area contributed by atoms with Crippen LogP contribution in [-0.4, -0.2) is 17.6 Å². The minimum absolute atomic E-state index is 0.177. The lowest BCUT2D eigenvalue weighted by molar-refractivity contribution is -0.385. The number of nitro benzene ring substituents is 1. The van der Waals surface area contributed by atoms with E-state index in [4.69, 9.17) is 0 Å². The van der Waals surface area contributed by atoms with Gasteiger partial charge in [-0.1, -0.05) is 78.9 Å². The summed E-state index contributed by atoms with van der Waals surface area (Å²) in [5, 5.41) is 11.3. The second-order valence-corrected chi connectivity index (χ2v) is 8.68. The summed E-state index contributed by atoms with van der Waals surface area (Å²) in [6.07, 6.45) is 0. The highest BCUT2D eigenvalue weighted by Crippen LogP contribution is 2.29. The van der Waals surface area contributed by atoms with E-state index in [-0.39, 0.29) is 17.8 Å². The van der Waals surface area contributed by atoms with Gasteiger partial charge in [0, 0.05) is 24.2 Å². The number of hydrogen-bond donors (Lipinski definition) is 0. The minimum Gasteiger partial charge on any atom is -0.258 e. The molecule has 0 aliphatic heterocycles. The summed E-state index contributed by atoms with van der Waals surface area (Å²) >= 11 is 0. The van der Waals surface area contributed by atoms with Crippen molar-refractivity contribution < 1.29 is 13.3 Å². The van der Waals surface area contributed by atoms with Gasteiger partial charge in [-0.3, -0.25) is 10.1 Å². The molecule has 0 aliphatic rings. The third-order valence-electron chi connectivity index (χ3n) is 4.78. The predicted octanol–water partition coefficient (Wildman–Crippen LogP) is 4.69. The zero-order chi connectivity index (χ0) is 20.9. The Morgan fingerprint density at radius 2 is 1.45 bits per heavy atom. The van der Waals surface area contributed by atoms with Crippen molar-refractivity contribution in [1.82, 2.24) is 4.31 Å². The number of para-hydroxylation sites is 1. The second-order valence-electron chi connectivity index (χ2n) is 6.76. The highest BCUT2D eigenvalue weighted by atomic mass is 32.2. The molecule has 0 aromatic heterocycles. The number of rotatable bonds is 8. The lowest BCUT2D eigenvalue weighted by Crippen LogP contribution is -2.34. The molecule has 3 rings (SSSR count). The summed E-state index contributed by atoms with van der Waals surface area (Å²) in [5.41, 5.74) is 1.69. The van der Waals surface area contributed by atoms with Crippen LogP contribution in [0.1, 0.15) is 29.7 Å². The van der Waals surface area contributed by atoms with E-state index in [0.717, 1.165) is 11.1 Å². The molecule has 6 nitrogen and oxygen atoms in total. The number of nitro groups is 1. The molecule has 0 fully saturated rings. The summed E-state index contributed by atoms with van der Waals surface area (Å²) in [5.74, 6) is -0.436. The SMILES string of the molecule is CC(c1ccccc1)N(Cc1ccccc1)S(=O)(=O)Cc1ccccc1[N+](=O)[O-]. The molecular weight excluding hydrogens is 388 g/mol. The second kappa shape index (κ2) is 8.98. The molecule has 3 aromatic carbocycles. The van der Waals surface area contributed by atoms with E-state index in [1.165, 1.54) is 22.5 Å². The summed E-state index contributed by atoms with van der Waals surface area (Å²) in [4.78, 5) is 10.8. The fourth-order valence-corrected chi connectivity index (χ4v) is 4.98. The van der Waals surface area contributed by atoms with Crippen molar-refractivity contribution in [2.24, 2.45) is 0 Å². The van der Waals surface area contributed by atoms with Gasteiger partial charge < -0.3 is 0 Å². The van der Waals surface area contributed by atoms with Gasteiger partial charge in [-0.2, -0.15) is 4.31 Å². The molecular formula is C22H22N2O4S. The third-order valence-corrected chi connectivity index (χ3v) is 6.61. The number of hydrogen-bond acceptors (Lipinski definition) is 4. The van der Waals surface area contributed by atoms with Crippen LogP contribution in [0.15, 0.2) is 84.9 Å². The molecule has 0 N–H and O–H groups in total. The first-order valence-corrected chi connectivity index (χ1v) is 10.8. The molecule has 0 saturated carbocycles. The van der Waals surface area contributed by atoms with E-state index in [9.17, 15) is 18.5 Å². The normalized spacial score (nSPS) is 12.6. The van der Waals surface area contributed by atoms with E-state index in [1.807, 2.05) is 67.6 Å². The van der Waals surface area contributed by atoms with Crippen LogP contribution in [0.25, 0.3) is 0 Å². The Morgan fingerprint density at radius 1 is 0.897 bits per heavy atom. The van der Waals surface area contributed by atoms with E-state index < -0.39 is 26.7 Å². The molecule has 0 radical (unpaired) electrons. The smallest absolute Gasteiger partial charge is 0.258 e. The van der Waals surface area contributed by atoms with Crippen LogP contribution in [0.2, 0.25) is 0 Å². The first-order chi connectivity index (χ1) is 13.9. The van der Waals surface area contributed by atoms with Crippen LogP contribution in [0.4, 0.5) is 5.69 Å². The number of nitrogens with zero attached hydrogens (tertiary/aromatic N) is 2. The van der Waals surface area contributed by atoms with Gasteiger partial charge in [0.2, 0.25) is 10.0 Å². The van der Waals surface area contributed by atoms with Crippen molar-refractivity contribution in [3.05, 3.63) is 112 Å². The Labute approximate surface area is 170 Å². The Kier molecular flexibility index (Phi) is 6.41. The first kappa shape index (κ1) is 20.7. The highest BCUT2D eigenvalue weighted by molar-refractivity contribution is 7.88. The van der Waals surface area contributed by atoms with E-state index in [2.05, 4.69) is 0 Å². The van der Waals surface area contributed by atoms with Crippen molar-refractivity contribution in [2.75, 3.05) is 0 Å². The zero-order valence-corrected chi connectivity index (χ0v) is 16.8. The Balaban J connectivity index is 1.99. The van der Waals surface area contributed by atoms with Crippen molar-refractivity contribution >= 4 is 15.7 Å². The minimum atomic E-state index is -3.85. The van der Waals surface area contributed by atoms with Crippen LogP contribution >= 0.6 is 0 Å². The number of benzene rings is 3. The quantitative estimate of drug-likeness (QED) is 0.399. The van der Waals surface area contributed by atoms with Crippen molar-refractivity contribution in [2.45, 2.75) is 25.3 Å².